The van der Waals surface area contributed by atoms with Gasteiger partial charge in [0.05, 0.1) is 25.0 Å². The summed E-state index contributed by atoms with van der Waals surface area (Å²) in [6, 6.07) is 3.78. The van der Waals surface area contributed by atoms with Gasteiger partial charge in [-0.1, -0.05) is 0 Å². The first-order chi connectivity index (χ1) is 10.3. The molecule has 0 saturated carbocycles. The van der Waals surface area contributed by atoms with Crippen LogP contribution in [-0.4, -0.2) is 36.1 Å². The summed E-state index contributed by atoms with van der Waals surface area (Å²) in [7, 11) is 1.46. The molecule has 1 aliphatic heterocycles. The normalized spacial score (nSPS) is 19.6. The zero-order chi connectivity index (χ0) is 14.7. The highest BCUT2D eigenvalue weighted by molar-refractivity contribution is 7.13. The summed E-state index contributed by atoms with van der Waals surface area (Å²) in [5.74, 6) is 0.693. The van der Waals surface area contributed by atoms with Crippen LogP contribution >= 0.6 is 11.3 Å². The molecular formula is C15H18N2O3S. The zero-order valence-electron chi connectivity index (χ0n) is 11.9. The Hall–Kier alpha value is -1.66. The lowest BCUT2D eigenvalue weighted by Crippen LogP contribution is -2.38. The third kappa shape index (κ3) is 3.33. The van der Waals surface area contributed by atoms with Gasteiger partial charge in [0.1, 0.15) is 0 Å². The van der Waals surface area contributed by atoms with Crippen molar-refractivity contribution in [2.24, 2.45) is 5.92 Å². The Morgan fingerprint density at radius 2 is 2.52 bits per heavy atom. The number of furan rings is 1. The number of esters is 1. The van der Waals surface area contributed by atoms with Gasteiger partial charge in [-0.25, -0.2) is 4.98 Å². The van der Waals surface area contributed by atoms with Gasteiger partial charge in [0.2, 0.25) is 0 Å². The molecule has 0 radical (unpaired) electrons. The van der Waals surface area contributed by atoms with Gasteiger partial charge in [-0.15, -0.1) is 11.3 Å². The SMILES string of the molecule is COC(=O)C1CCCN(Cc2csc(-c3ccco3)n2)C1. The molecule has 112 valence electrons. The number of thiazole rings is 1. The van der Waals surface area contributed by atoms with E-state index in [-0.39, 0.29) is 11.9 Å². The lowest BCUT2D eigenvalue weighted by atomic mass is 9.98. The van der Waals surface area contributed by atoms with E-state index in [0.717, 1.165) is 48.9 Å². The van der Waals surface area contributed by atoms with Gasteiger partial charge in [-0.2, -0.15) is 0 Å². The van der Waals surface area contributed by atoms with Gasteiger partial charge in [0.25, 0.3) is 0 Å². The number of carbonyl (C=O) groups is 1. The van der Waals surface area contributed by atoms with E-state index in [2.05, 4.69) is 15.3 Å². The average molecular weight is 306 g/mol. The molecule has 3 heterocycles. The third-order valence-electron chi connectivity index (χ3n) is 3.71. The first-order valence-electron chi connectivity index (χ1n) is 7.04. The molecule has 3 rings (SSSR count). The highest BCUT2D eigenvalue weighted by atomic mass is 32.1. The first kappa shape index (κ1) is 14.3. The van der Waals surface area contributed by atoms with Crippen molar-refractivity contribution in [2.45, 2.75) is 19.4 Å². The summed E-state index contributed by atoms with van der Waals surface area (Å²) in [6.07, 6.45) is 3.59. The van der Waals surface area contributed by atoms with Gasteiger partial charge in [0.15, 0.2) is 10.8 Å². The second kappa shape index (κ2) is 6.41. The van der Waals surface area contributed by atoms with Crippen molar-refractivity contribution >= 4 is 17.3 Å². The molecule has 6 heteroatoms. The molecule has 2 aromatic heterocycles. The van der Waals surface area contributed by atoms with Crippen LogP contribution in [0.5, 0.6) is 0 Å². The molecule has 1 saturated heterocycles. The molecule has 1 unspecified atom stereocenters. The standard InChI is InChI=1S/C15H18N2O3S/c1-19-15(18)11-4-2-6-17(8-11)9-12-10-21-14(16-12)13-5-3-7-20-13/h3,5,7,10-11H,2,4,6,8-9H2,1H3. The minimum absolute atomic E-state index is 0.00747. The van der Waals surface area contributed by atoms with Crippen LogP contribution in [-0.2, 0) is 16.1 Å². The maximum Gasteiger partial charge on any atom is 0.309 e. The highest BCUT2D eigenvalue weighted by Crippen LogP contribution is 2.25. The van der Waals surface area contributed by atoms with Crippen LogP contribution in [0.3, 0.4) is 0 Å². The number of piperidine rings is 1. The van der Waals surface area contributed by atoms with E-state index in [1.54, 1.807) is 17.6 Å². The van der Waals surface area contributed by atoms with Gasteiger partial charge < -0.3 is 9.15 Å². The van der Waals surface area contributed by atoms with Crippen LogP contribution in [0.1, 0.15) is 18.5 Å². The molecule has 1 atom stereocenters. The second-order valence-electron chi connectivity index (χ2n) is 5.22. The predicted octanol–water partition coefficient (Wildman–Crippen LogP) is 2.79. The average Bonchev–Trinajstić information content (AvgIpc) is 3.17. The molecule has 0 amide bonds. The van der Waals surface area contributed by atoms with Crippen molar-refractivity contribution in [3.63, 3.8) is 0 Å². The van der Waals surface area contributed by atoms with Crippen LogP contribution in [0.15, 0.2) is 28.2 Å². The van der Waals surface area contributed by atoms with E-state index in [4.69, 9.17) is 9.15 Å². The molecule has 0 spiro atoms. The maximum atomic E-state index is 11.6. The molecular weight excluding hydrogens is 288 g/mol. The lowest BCUT2D eigenvalue weighted by molar-refractivity contribution is -0.147. The number of aromatic nitrogens is 1. The number of carbonyl (C=O) groups excluding carboxylic acids is 1. The summed E-state index contributed by atoms with van der Waals surface area (Å²) in [6.45, 7) is 2.52. The van der Waals surface area contributed by atoms with Crippen molar-refractivity contribution in [3.8, 4) is 10.8 Å². The van der Waals surface area contributed by atoms with Crippen LogP contribution < -0.4 is 0 Å². The lowest BCUT2D eigenvalue weighted by Gasteiger charge is -2.30. The summed E-state index contributed by atoms with van der Waals surface area (Å²) < 4.78 is 10.2. The zero-order valence-corrected chi connectivity index (χ0v) is 12.8. The molecule has 0 bridgehead atoms. The summed E-state index contributed by atoms with van der Waals surface area (Å²) in [4.78, 5) is 18.5. The highest BCUT2D eigenvalue weighted by Gasteiger charge is 2.26. The molecule has 5 nitrogen and oxygen atoms in total. The Bertz CT molecular complexity index is 594. The Morgan fingerprint density at radius 3 is 3.29 bits per heavy atom. The maximum absolute atomic E-state index is 11.6. The van der Waals surface area contributed by atoms with Gasteiger partial charge in [0, 0.05) is 18.5 Å². The van der Waals surface area contributed by atoms with Crippen LogP contribution in [0.25, 0.3) is 10.8 Å². The van der Waals surface area contributed by atoms with E-state index >= 15 is 0 Å². The Morgan fingerprint density at radius 1 is 1.62 bits per heavy atom. The van der Waals surface area contributed by atoms with E-state index in [0.29, 0.717) is 0 Å². The number of likely N-dealkylation sites (tertiary alicyclic amines) is 1. The van der Waals surface area contributed by atoms with Crippen LogP contribution in [0.4, 0.5) is 0 Å². The second-order valence-corrected chi connectivity index (χ2v) is 6.08. The molecule has 0 aliphatic carbocycles. The number of rotatable bonds is 4. The van der Waals surface area contributed by atoms with Crippen molar-refractivity contribution in [2.75, 3.05) is 20.2 Å². The molecule has 0 aromatic carbocycles. The number of nitrogens with zero attached hydrogens (tertiary/aromatic N) is 2. The fourth-order valence-corrected chi connectivity index (χ4v) is 3.46. The predicted molar refractivity (Wildman–Crippen MR) is 79.8 cm³/mol. The topological polar surface area (TPSA) is 55.6 Å². The van der Waals surface area contributed by atoms with E-state index in [1.165, 1.54) is 7.11 Å². The number of methoxy groups -OCH3 is 1. The van der Waals surface area contributed by atoms with Crippen molar-refractivity contribution in [1.82, 2.24) is 9.88 Å². The van der Waals surface area contributed by atoms with E-state index in [1.807, 2.05) is 12.1 Å². The van der Waals surface area contributed by atoms with Gasteiger partial charge in [-0.05, 0) is 31.5 Å². The number of ether oxygens (including phenoxy) is 1. The Balaban J connectivity index is 1.62. The van der Waals surface area contributed by atoms with Crippen molar-refractivity contribution in [3.05, 3.63) is 29.5 Å². The summed E-state index contributed by atoms with van der Waals surface area (Å²) in [5, 5.41) is 2.95. The third-order valence-corrected chi connectivity index (χ3v) is 4.62. The quantitative estimate of drug-likeness (QED) is 0.813. The largest absolute Gasteiger partial charge is 0.469 e. The van der Waals surface area contributed by atoms with Crippen molar-refractivity contribution < 1.29 is 13.9 Å². The monoisotopic (exact) mass is 306 g/mol. The Labute approximate surface area is 127 Å². The van der Waals surface area contributed by atoms with Crippen LogP contribution in [0, 0.1) is 5.92 Å². The van der Waals surface area contributed by atoms with Gasteiger partial charge >= 0.3 is 5.97 Å². The van der Waals surface area contributed by atoms with Gasteiger partial charge in [-0.3, -0.25) is 9.69 Å². The molecule has 1 aliphatic rings. The molecule has 2 aromatic rings. The molecule has 21 heavy (non-hydrogen) atoms. The number of hydrogen-bond donors (Lipinski definition) is 0. The molecule has 0 N–H and O–H groups in total. The summed E-state index contributed by atoms with van der Waals surface area (Å²) in [5.41, 5.74) is 1.02. The fraction of sp³-hybridized carbons (Fsp3) is 0.467. The van der Waals surface area contributed by atoms with E-state index in [9.17, 15) is 4.79 Å². The summed E-state index contributed by atoms with van der Waals surface area (Å²) >= 11 is 1.58. The minimum Gasteiger partial charge on any atom is -0.469 e. The molecule has 1 fully saturated rings. The Kier molecular flexibility index (Phi) is 4.36. The minimum atomic E-state index is -0.103. The smallest absolute Gasteiger partial charge is 0.309 e. The number of hydrogen-bond acceptors (Lipinski definition) is 6. The van der Waals surface area contributed by atoms with Crippen LogP contribution in [0.2, 0.25) is 0 Å². The van der Waals surface area contributed by atoms with E-state index < -0.39 is 0 Å². The fourth-order valence-electron chi connectivity index (χ4n) is 2.68. The first-order valence-corrected chi connectivity index (χ1v) is 7.92. The van der Waals surface area contributed by atoms with Crippen molar-refractivity contribution in [1.29, 1.82) is 0 Å².